The fourth-order valence-corrected chi connectivity index (χ4v) is 3.48. The largest absolute Gasteiger partial charge is 0.457 e. The van der Waals surface area contributed by atoms with E-state index in [1.807, 2.05) is 24.3 Å². The van der Waals surface area contributed by atoms with Crippen molar-refractivity contribution in [2.75, 3.05) is 23.4 Å². The second-order valence-corrected chi connectivity index (χ2v) is 7.26. The second kappa shape index (κ2) is 9.38. The van der Waals surface area contributed by atoms with Gasteiger partial charge in [0.25, 0.3) is 0 Å². The minimum absolute atomic E-state index is 0.0427. The van der Waals surface area contributed by atoms with Crippen LogP contribution >= 0.6 is 11.8 Å². The van der Waals surface area contributed by atoms with Gasteiger partial charge in [-0.25, -0.2) is 4.39 Å². The number of ether oxygens (including phenoxy) is 1. The highest BCUT2D eigenvalue weighted by Gasteiger charge is 2.17. The number of nitrogens with one attached hydrogen (secondary N) is 2. The number of amides is 1. The van der Waals surface area contributed by atoms with Crippen LogP contribution in [0.2, 0.25) is 0 Å². The fraction of sp³-hybridized carbons (Fsp3) is 0.190. The molecule has 6 nitrogen and oxygen atoms in total. The molecule has 0 bridgehead atoms. The smallest absolute Gasteiger partial charge is 0.316 e. The Bertz CT molecular complexity index is 1060. The number of aromatic nitrogens is 1. The third kappa shape index (κ3) is 5.23. The number of esters is 1. The number of rotatable bonds is 8. The summed E-state index contributed by atoms with van der Waals surface area (Å²) < 4.78 is 18.5. The summed E-state index contributed by atoms with van der Waals surface area (Å²) in [7, 11) is 0. The number of aromatic amines is 1. The molecule has 1 heterocycles. The number of Topliss-reactive ketones (excluding diaryl/α,β-unsaturated/α-hetero) is 1. The first-order chi connectivity index (χ1) is 14.0. The number of para-hydroxylation sites is 2. The predicted octanol–water partition coefficient (Wildman–Crippen LogP) is 3.71. The van der Waals surface area contributed by atoms with Crippen molar-refractivity contribution in [1.82, 2.24) is 4.98 Å². The van der Waals surface area contributed by atoms with Crippen LogP contribution in [0.1, 0.15) is 16.1 Å². The zero-order valence-corrected chi connectivity index (χ0v) is 16.5. The molecule has 3 aromatic rings. The van der Waals surface area contributed by atoms with Crippen LogP contribution in [0.25, 0.3) is 10.9 Å². The first-order valence-corrected chi connectivity index (χ1v) is 9.99. The number of carbonyl (C=O) groups excluding carboxylic acids is 3. The van der Waals surface area contributed by atoms with Crippen molar-refractivity contribution in [3.05, 3.63) is 65.6 Å². The highest BCUT2D eigenvalue weighted by atomic mass is 32.2. The van der Waals surface area contributed by atoms with Crippen LogP contribution in [0.3, 0.4) is 0 Å². The Morgan fingerprint density at radius 1 is 1.07 bits per heavy atom. The Hall–Kier alpha value is -3.13. The molecular formula is C21H19FN2O4S. The molecule has 1 amide bonds. The molecule has 0 saturated heterocycles. The molecule has 1 aromatic heterocycles. The van der Waals surface area contributed by atoms with Gasteiger partial charge < -0.3 is 15.0 Å². The Kier molecular flexibility index (Phi) is 6.66. The van der Waals surface area contributed by atoms with E-state index in [-0.39, 0.29) is 29.6 Å². The van der Waals surface area contributed by atoms with Gasteiger partial charge in [0.2, 0.25) is 11.7 Å². The molecule has 0 aliphatic carbocycles. The SMILES string of the molecule is Cc1[nH]c2ccccc2c1C(=O)COC(=O)CSCC(=O)Nc1ccccc1F. The number of ketones is 1. The first kappa shape index (κ1) is 20.6. The number of thioether (sulfide) groups is 1. The van der Waals surface area contributed by atoms with Crippen LogP contribution in [0.15, 0.2) is 48.5 Å². The lowest BCUT2D eigenvalue weighted by molar-refractivity contribution is -0.139. The minimum atomic E-state index is -0.598. The van der Waals surface area contributed by atoms with Gasteiger partial charge in [0.15, 0.2) is 6.61 Å². The Balaban J connectivity index is 1.44. The summed E-state index contributed by atoms with van der Waals surface area (Å²) in [6.45, 7) is 1.42. The van der Waals surface area contributed by atoms with Crippen LogP contribution < -0.4 is 5.32 Å². The van der Waals surface area contributed by atoms with E-state index in [0.717, 1.165) is 22.7 Å². The van der Waals surface area contributed by atoms with E-state index in [4.69, 9.17) is 4.74 Å². The minimum Gasteiger partial charge on any atom is -0.457 e. The molecule has 0 aliphatic heterocycles. The Labute approximate surface area is 170 Å². The molecule has 0 spiro atoms. The van der Waals surface area contributed by atoms with E-state index in [0.29, 0.717) is 11.3 Å². The van der Waals surface area contributed by atoms with Crippen molar-refractivity contribution < 1.29 is 23.5 Å². The summed E-state index contributed by atoms with van der Waals surface area (Å²) in [4.78, 5) is 39.3. The number of anilines is 1. The van der Waals surface area contributed by atoms with Gasteiger partial charge >= 0.3 is 5.97 Å². The molecule has 2 N–H and O–H groups in total. The summed E-state index contributed by atoms with van der Waals surface area (Å²) in [6.07, 6.45) is 0. The van der Waals surface area contributed by atoms with Crippen LogP contribution in [0.4, 0.5) is 10.1 Å². The summed E-state index contributed by atoms with van der Waals surface area (Å²) in [5.74, 6) is -1.99. The number of hydrogen-bond donors (Lipinski definition) is 2. The molecule has 0 radical (unpaired) electrons. The van der Waals surface area contributed by atoms with E-state index in [1.165, 1.54) is 18.2 Å². The lowest BCUT2D eigenvalue weighted by Gasteiger charge is -2.07. The summed E-state index contributed by atoms with van der Waals surface area (Å²) in [5.41, 5.74) is 2.15. The Morgan fingerprint density at radius 2 is 1.79 bits per heavy atom. The van der Waals surface area contributed by atoms with Crippen LogP contribution in [-0.2, 0) is 14.3 Å². The van der Waals surface area contributed by atoms with Crippen molar-refractivity contribution in [2.45, 2.75) is 6.92 Å². The highest BCUT2D eigenvalue weighted by Crippen LogP contribution is 2.22. The normalized spacial score (nSPS) is 10.7. The van der Waals surface area contributed by atoms with Crippen molar-refractivity contribution >= 4 is 46.0 Å². The number of carbonyl (C=O) groups is 3. The number of aryl methyl sites for hydroxylation is 1. The molecule has 8 heteroatoms. The Morgan fingerprint density at radius 3 is 2.59 bits per heavy atom. The number of hydrogen-bond acceptors (Lipinski definition) is 5. The standard InChI is InChI=1S/C21H19FN2O4S/c1-13-21(14-6-2-4-8-16(14)23-13)18(25)10-28-20(27)12-29-11-19(26)24-17-9-5-3-7-15(17)22/h2-9,23H,10-12H2,1H3,(H,24,26). The quantitative estimate of drug-likeness (QED) is 0.433. The summed E-state index contributed by atoms with van der Waals surface area (Å²) >= 11 is 1.02. The van der Waals surface area contributed by atoms with Gasteiger partial charge in [0, 0.05) is 22.2 Å². The summed E-state index contributed by atoms with van der Waals surface area (Å²) in [6, 6.07) is 13.2. The van der Waals surface area contributed by atoms with Crippen molar-refractivity contribution in [1.29, 1.82) is 0 Å². The van der Waals surface area contributed by atoms with Gasteiger partial charge in [-0.3, -0.25) is 14.4 Å². The van der Waals surface area contributed by atoms with Crippen molar-refractivity contribution in [3.63, 3.8) is 0 Å². The average molecular weight is 414 g/mol. The topological polar surface area (TPSA) is 88.3 Å². The van der Waals surface area contributed by atoms with E-state index in [9.17, 15) is 18.8 Å². The van der Waals surface area contributed by atoms with Gasteiger partial charge in [-0.15, -0.1) is 11.8 Å². The van der Waals surface area contributed by atoms with Crippen molar-refractivity contribution in [3.8, 4) is 0 Å². The number of halogens is 1. The summed E-state index contributed by atoms with van der Waals surface area (Å²) in [5, 5.41) is 3.21. The van der Waals surface area contributed by atoms with Gasteiger partial charge in [-0.2, -0.15) is 0 Å². The molecule has 0 saturated carbocycles. The zero-order chi connectivity index (χ0) is 20.8. The molecule has 0 atom stereocenters. The maximum Gasteiger partial charge on any atom is 0.316 e. The van der Waals surface area contributed by atoms with Gasteiger partial charge in [-0.1, -0.05) is 30.3 Å². The van der Waals surface area contributed by atoms with Gasteiger partial charge in [0.1, 0.15) is 5.82 Å². The molecule has 29 heavy (non-hydrogen) atoms. The van der Waals surface area contributed by atoms with E-state index >= 15 is 0 Å². The molecule has 2 aromatic carbocycles. The molecule has 0 unspecified atom stereocenters. The fourth-order valence-electron chi connectivity index (χ4n) is 2.87. The van der Waals surface area contributed by atoms with E-state index < -0.39 is 17.7 Å². The maximum absolute atomic E-state index is 13.5. The second-order valence-electron chi connectivity index (χ2n) is 6.28. The third-order valence-electron chi connectivity index (χ3n) is 4.14. The van der Waals surface area contributed by atoms with Crippen LogP contribution in [-0.4, -0.2) is 40.8 Å². The number of fused-ring (bicyclic) bond motifs is 1. The third-order valence-corrected chi connectivity index (χ3v) is 5.04. The predicted molar refractivity (Wildman–Crippen MR) is 111 cm³/mol. The van der Waals surface area contributed by atoms with E-state index in [2.05, 4.69) is 10.3 Å². The van der Waals surface area contributed by atoms with Gasteiger partial charge in [0.05, 0.1) is 17.2 Å². The maximum atomic E-state index is 13.5. The molecule has 3 rings (SSSR count). The van der Waals surface area contributed by atoms with Gasteiger partial charge in [-0.05, 0) is 25.1 Å². The molecule has 0 fully saturated rings. The van der Waals surface area contributed by atoms with Crippen LogP contribution in [0, 0.1) is 12.7 Å². The molecule has 150 valence electrons. The first-order valence-electron chi connectivity index (χ1n) is 8.84. The van der Waals surface area contributed by atoms with Crippen LogP contribution in [0.5, 0.6) is 0 Å². The number of benzene rings is 2. The zero-order valence-electron chi connectivity index (χ0n) is 15.7. The monoisotopic (exact) mass is 414 g/mol. The van der Waals surface area contributed by atoms with Crippen molar-refractivity contribution in [2.24, 2.45) is 0 Å². The lowest BCUT2D eigenvalue weighted by atomic mass is 10.1. The molecule has 0 aliphatic rings. The highest BCUT2D eigenvalue weighted by molar-refractivity contribution is 8.00. The number of H-pyrrole nitrogens is 1. The lowest BCUT2D eigenvalue weighted by Crippen LogP contribution is -2.19. The average Bonchev–Trinajstić information content (AvgIpc) is 3.03. The van der Waals surface area contributed by atoms with E-state index in [1.54, 1.807) is 13.0 Å². The molecular weight excluding hydrogens is 395 g/mol.